The molecule has 0 atom stereocenters. The van der Waals surface area contributed by atoms with Crippen LogP contribution in [0.1, 0.15) is 11.1 Å². The van der Waals surface area contributed by atoms with Crippen molar-refractivity contribution in [1.29, 1.82) is 5.26 Å². The summed E-state index contributed by atoms with van der Waals surface area (Å²) in [5, 5.41) is 9.19. The van der Waals surface area contributed by atoms with E-state index in [1.165, 1.54) is 30.4 Å². The minimum absolute atomic E-state index is 0.242. The van der Waals surface area contributed by atoms with Gasteiger partial charge in [0.1, 0.15) is 17.6 Å². The number of carbonyl (C=O) groups is 1. The third-order valence-corrected chi connectivity index (χ3v) is 4.31. The molecule has 1 fully saturated rings. The second-order valence-corrected chi connectivity index (χ2v) is 6.25. The van der Waals surface area contributed by atoms with Crippen LogP contribution >= 0.6 is 0 Å². The number of carbonyl (C=O) groups excluding carboxylic acids is 1. The van der Waals surface area contributed by atoms with E-state index in [-0.39, 0.29) is 11.7 Å². The summed E-state index contributed by atoms with van der Waals surface area (Å²) >= 11 is 0. The summed E-state index contributed by atoms with van der Waals surface area (Å²) in [5.41, 5.74) is 0.902. The maximum atomic E-state index is 12.4. The van der Waals surface area contributed by atoms with Gasteiger partial charge in [-0.3, -0.25) is 4.79 Å². The number of hydrogen-bond donors (Lipinski definition) is 0. The Kier molecular flexibility index (Phi) is 6.02. The highest BCUT2D eigenvalue weighted by Crippen LogP contribution is 2.24. The van der Waals surface area contributed by atoms with Gasteiger partial charge in [-0.2, -0.15) is 5.26 Å². The number of alkyl halides is 3. The summed E-state index contributed by atoms with van der Waals surface area (Å²) < 4.78 is 40.8. The normalized spacial score (nSPS) is 14.7. The maximum Gasteiger partial charge on any atom is 0.573 e. The number of nitrogens with zero attached hydrogens (tertiary/aromatic N) is 4. The first-order chi connectivity index (χ1) is 13.9. The number of hydrogen-bond acceptors (Lipinski definition) is 5. The van der Waals surface area contributed by atoms with Crippen LogP contribution in [0.4, 0.5) is 19.0 Å². The summed E-state index contributed by atoms with van der Waals surface area (Å²) in [6, 6.07) is 10.9. The van der Waals surface area contributed by atoms with Crippen molar-refractivity contribution < 1.29 is 22.7 Å². The lowest BCUT2D eigenvalue weighted by molar-refractivity contribution is -0.274. The molecule has 0 saturated carbocycles. The van der Waals surface area contributed by atoms with Crippen LogP contribution in [0.3, 0.4) is 0 Å². The van der Waals surface area contributed by atoms with E-state index in [2.05, 4.69) is 15.8 Å². The fourth-order valence-electron chi connectivity index (χ4n) is 2.96. The number of aromatic nitrogens is 1. The number of ether oxygens (including phenoxy) is 1. The molecule has 2 heterocycles. The zero-order valence-electron chi connectivity index (χ0n) is 15.3. The molecule has 0 spiro atoms. The summed E-state index contributed by atoms with van der Waals surface area (Å²) in [5.74, 6) is 0.0109. The van der Waals surface area contributed by atoms with Gasteiger partial charge in [-0.1, -0.05) is 12.1 Å². The average Bonchev–Trinajstić information content (AvgIpc) is 2.71. The first kappa shape index (κ1) is 20.2. The molecule has 2 aromatic rings. The summed E-state index contributed by atoms with van der Waals surface area (Å²) in [7, 11) is 0. The smallest absolute Gasteiger partial charge is 0.406 e. The summed E-state index contributed by atoms with van der Waals surface area (Å²) in [6.45, 7) is 1.95. The van der Waals surface area contributed by atoms with Crippen molar-refractivity contribution in [3.05, 3.63) is 59.8 Å². The van der Waals surface area contributed by atoms with Gasteiger partial charge in [0.2, 0.25) is 5.91 Å². The minimum atomic E-state index is -4.77. The number of rotatable bonds is 4. The monoisotopic (exact) mass is 402 g/mol. The van der Waals surface area contributed by atoms with Crippen LogP contribution in [0, 0.1) is 11.3 Å². The number of halogens is 3. The Balaban J connectivity index is 1.59. The second-order valence-electron chi connectivity index (χ2n) is 6.25. The first-order valence-corrected chi connectivity index (χ1v) is 8.78. The van der Waals surface area contributed by atoms with Gasteiger partial charge in [-0.15, -0.1) is 13.2 Å². The van der Waals surface area contributed by atoms with Crippen molar-refractivity contribution >= 4 is 17.8 Å². The molecule has 150 valence electrons. The zero-order chi connectivity index (χ0) is 20.9. The Morgan fingerprint density at radius 3 is 2.62 bits per heavy atom. The van der Waals surface area contributed by atoms with Crippen LogP contribution in [-0.2, 0) is 4.79 Å². The number of amides is 1. The molecule has 0 bridgehead atoms. The highest BCUT2D eigenvalue weighted by Gasteiger charge is 2.31. The lowest BCUT2D eigenvalue weighted by Crippen LogP contribution is -2.48. The molecule has 3 rings (SSSR count). The molecular weight excluding hydrogens is 385 g/mol. The van der Waals surface area contributed by atoms with Crippen LogP contribution in [0.5, 0.6) is 5.75 Å². The van der Waals surface area contributed by atoms with Crippen LogP contribution in [0.2, 0.25) is 0 Å². The third-order valence-electron chi connectivity index (χ3n) is 4.31. The van der Waals surface area contributed by atoms with Gasteiger partial charge in [0.15, 0.2) is 0 Å². The Morgan fingerprint density at radius 1 is 1.17 bits per heavy atom. The molecule has 6 nitrogen and oxygen atoms in total. The molecule has 0 unspecified atom stereocenters. The quantitative estimate of drug-likeness (QED) is 0.735. The van der Waals surface area contributed by atoms with E-state index >= 15 is 0 Å². The average molecular weight is 402 g/mol. The van der Waals surface area contributed by atoms with E-state index in [4.69, 9.17) is 0 Å². The SMILES string of the molecule is N#Cc1cccnc1N1CCN(C(=O)C=Cc2cccc(OC(F)(F)F)c2)CC1. The highest BCUT2D eigenvalue weighted by molar-refractivity contribution is 5.92. The van der Waals surface area contributed by atoms with Crippen molar-refractivity contribution in [2.45, 2.75) is 6.36 Å². The molecule has 1 aliphatic heterocycles. The Labute approximate surface area is 165 Å². The molecule has 9 heteroatoms. The topological polar surface area (TPSA) is 69.5 Å². The molecule has 1 aromatic carbocycles. The van der Waals surface area contributed by atoms with E-state index in [9.17, 15) is 23.2 Å². The molecule has 1 aliphatic rings. The van der Waals surface area contributed by atoms with E-state index in [0.29, 0.717) is 43.1 Å². The van der Waals surface area contributed by atoms with Gasteiger partial charge in [0, 0.05) is 38.5 Å². The fourth-order valence-corrected chi connectivity index (χ4v) is 2.96. The minimum Gasteiger partial charge on any atom is -0.406 e. The molecule has 0 N–H and O–H groups in total. The van der Waals surface area contributed by atoms with Gasteiger partial charge in [0.25, 0.3) is 0 Å². The Bertz CT molecular complexity index is 945. The maximum absolute atomic E-state index is 12.4. The molecule has 1 saturated heterocycles. The number of pyridine rings is 1. The first-order valence-electron chi connectivity index (χ1n) is 8.78. The predicted octanol–water partition coefficient (Wildman–Crippen LogP) is 3.21. The van der Waals surface area contributed by atoms with E-state index in [0.717, 1.165) is 0 Å². The van der Waals surface area contributed by atoms with Gasteiger partial charge >= 0.3 is 6.36 Å². The number of benzene rings is 1. The molecule has 0 radical (unpaired) electrons. The van der Waals surface area contributed by atoms with Gasteiger partial charge < -0.3 is 14.5 Å². The number of anilines is 1. The van der Waals surface area contributed by atoms with E-state index in [1.54, 1.807) is 29.3 Å². The largest absolute Gasteiger partial charge is 0.573 e. The van der Waals surface area contributed by atoms with Crippen LogP contribution in [0.25, 0.3) is 6.08 Å². The van der Waals surface area contributed by atoms with Crippen molar-refractivity contribution in [3.8, 4) is 11.8 Å². The highest BCUT2D eigenvalue weighted by atomic mass is 19.4. The fraction of sp³-hybridized carbons (Fsp3) is 0.250. The molecule has 1 aromatic heterocycles. The van der Waals surface area contributed by atoms with Gasteiger partial charge in [0.05, 0.1) is 5.56 Å². The third kappa shape index (κ3) is 5.48. The van der Waals surface area contributed by atoms with Crippen molar-refractivity contribution in [2.75, 3.05) is 31.1 Å². The van der Waals surface area contributed by atoms with Crippen molar-refractivity contribution in [2.24, 2.45) is 0 Å². The standard InChI is InChI=1S/C20H17F3N4O2/c21-20(22,23)29-17-5-1-3-15(13-17)6-7-18(28)26-9-11-27(12-10-26)19-16(14-24)4-2-8-25-19/h1-8,13H,9-12H2. The summed E-state index contributed by atoms with van der Waals surface area (Å²) in [6.07, 6.45) is -0.377. The summed E-state index contributed by atoms with van der Waals surface area (Å²) in [4.78, 5) is 20.2. The van der Waals surface area contributed by atoms with Gasteiger partial charge in [-0.05, 0) is 35.9 Å². The van der Waals surface area contributed by atoms with E-state index < -0.39 is 6.36 Å². The van der Waals surface area contributed by atoms with Crippen LogP contribution in [-0.4, -0.2) is 48.3 Å². The lowest BCUT2D eigenvalue weighted by atomic mass is 10.2. The molecule has 29 heavy (non-hydrogen) atoms. The van der Waals surface area contributed by atoms with Crippen molar-refractivity contribution in [1.82, 2.24) is 9.88 Å². The van der Waals surface area contributed by atoms with E-state index in [1.807, 2.05) is 4.90 Å². The molecule has 1 amide bonds. The molecular formula is C20H17F3N4O2. The van der Waals surface area contributed by atoms with Gasteiger partial charge in [-0.25, -0.2) is 4.98 Å². The molecule has 0 aliphatic carbocycles. The number of nitriles is 1. The number of piperazine rings is 1. The second kappa shape index (κ2) is 8.65. The van der Waals surface area contributed by atoms with Crippen LogP contribution < -0.4 is 9.64 Å². The van der Waals surface area contributed by atoms with Crippen molar-refractivity contribution in [3.63, 3.8) is 0 Å². The zero-order valence-corrected chi connectivity index (χ0v) is 15.3. The Hall–Kier alpha value is -3.54. The predicted molar refractivity (Wildman–Crippen MR) is 99.9 cm³/mol. The Morgan fingerprint density at radius 2 is 1.93 bits per heavy atom. The lowest BCUT2D eigenvalue weighted by Gasteiger charge is -2.35. The van der Waals surface area contributed by atoms with Crippen LogP contribution in [0.15, 0.2) is 48.7 Å².